The fraction of sp³-hybridized carbons (Fsp3) is 0.364. The van der Waals surface area contributed by atoms with Gasteiger partial charge in [0.25, 0.3) is 5.91 Å². The lowest BCUT2D eigenvalue weighted by Crippen LogP contribution is -2.40. The van der Waals surface area contributed by atoms with Crippen LogP contribution in [-0.4, -0.2) is 57.7 Å². The van der Waals surface area contributed by atoms with Gasteiger partial charge in [-0.05, 0) is 55.5 Å². The fourth-order valence-corrected chi connectivity index (χ4v) is 5.44. The minimum Gasteiger partial charge on any atom is -0.497 e. The molecule has 8 nitrogen and oxygen atoms in total. The number of ether oxygens (including phenoxy) is 2. The molecule has 0 unspecified atom stereocenters. The van der Waals surface area contributed by atoms with E-state index in [4.69, 9.17) is 9.47 Å². The number of thioether (sulfide) groups is 1. The Bertz CT molecular complexity index is 1050. The molecule has 0 bridgehead atoms. The van der Waals surface area contributed by atoms with Crippen LogP contribution in [0.25, 0.3) is 0 Å². The standard InChI is InChI=1S/C22H26N2O6S2/c1-29-17-7-9-18(10-8-17)32(27,28)24-13-11-16(12-14-24)22(26)30-15-21(25)23-19-5-3-4-6-20(19)31-2/h3-10,16H,11-15H2,1-2H3,(H,23,25). The topological polar surface area (TPSA) is 102 Å². The number of benzene rings is 2. The SMILES string of the molecule is COc1ccc(S(=O)(=O)N2CCC(C(=O)OCC(=O)Nc3ccccc3SC)CC2)cc1. The first-order chi connectivity index (χ1) is 15.3. The van der Waals surface area contributed by atoms with Crippen molar-refractivity contribution in [2.24, 2.45) is 5.92 Å². The maximum absolute atomic E-state index is 12.8. The molecule has 2 aromatic rings. The molecule has 0 spiro atoms. The number of hydrogen-bond donors (Lipinski definition) is 1. The van der Waals surface area contributed by atoms with Crippen LogP contribution in [0, 0.1) is 5.92 Å². The molecule has 1 saturated heterocycles. The third-order valence-corrected chi connectivity index (χ3v) is 7.92. The average molecular weight is 479 g/mol. The van der Waals surface area contributed by atoms with Crippen molar-refractivity contribution in [2.45, 2.75) is 22.6 Å². The van der Waals surface area contributed by atoms with Crippen molar-refractivity contribution in [3.8, 4) is 5.75 Å². The van der Waals surface area contributed by atoms with E-state index in [1.807, 2.05) is 24.5 Å². The van der Waals surface area contributed by atoms with Gasteiger partial charge < -0.3 is 14.8 Å². The molecule has 10 heteroatoms. The second-order valence-electron chi connectivity index (χ2n) is 7.21. The molecular weight excluding hydrogens is 452 g/mol. The number of hydrogen-bond acceptors (Lipinski definition) is 7. The third kappa shape index (κ3) is 5.81. The molecule has 1 fully saturated rings. The highest BCUT2D eigenvalue weighted by Gasteiger charge is 2.33. The van der Waals surface area contributed by atoms with Crippen molar-refractivity contribution in [1.29, 1.82) is 0 Å². The van der Waals surface area contributed by atoms with E-state index >= 15 is 0 Å². The van der Waals surface area contributed by atoms with E-state index in [1.54, 1.807) is 18.2 Å². The molecule has 2 aromatic carbocycles. The van der Waals surface area contributed by atoms with Gasteiger partial charge in [0.1, 0.15) is 5.75 Å². The second-order valence-corrected chi connectivity index (χ2v) is 10.00. The van der Waals surface area contributed by atoms with Crippen LogP contribution in [0.2, 0.25) is 0 Å². The summed E-state index contributed by atoms with van der Waals surface area (Å²) in [7, 11) is -2.13. The lowest BCUT2D eigenvalue weighted by atomic mass is 9.98. The van der Waals surface area contributed by atoms with Gasteiger partial charge in [-0.25, -0.2) is 8.42 Å². The summed E-state index contributed by atoms with van der Waals surface area (Å²) in [5, 5.41) is 2.74. The molecule has 1 N–H and O–H groups in total. The maximum Gasteiger partial charge on any atom is 0.309 e. The predicted octanol–water partition coefficient (Wildman–Crippen LogP) is 3.00. The van der Waals surface area contributed by atoms with Crippen LogP contribution in [0.15, 0.2) is 58.3 Å². The van der Waals surface area contributed by atoms with Crippen molar-refractivity contribution in [2.75, 3.05) is 38.4 Å². The Morgan fingerprint density at radius 2 is 1.75 bits per heavy atom. The van der Waals surface area contributed by atoms with Crippen LogP contribution in [0.1, 0.15) is 12.8 Å². The van der Waals surface area contributed by atoms with Gasteiger partial charge in [-0.2, -0.15) is 4.31 Å². The summed E-state index contributed by atoms with van der Waals surface area (Å²) < 4.78 is 37.2. The van der Waals surface area contributed by atoms with Gasteiger partial charge >= 0.3 is 5.97 Å². The summed E-state index contributed by atoms with van der Waals surface area (Å²) >= 11 is 1.50. The number of anilines is 1. The number of para-hydroxylation sites is 1. The zero-order chi connectivity index (χ0) is 23.1. The van der Waals surface area contributed by atoms with Gasteiger partial charge in [0.2, 0.25) is 10.0 Å². The minimum absolute atomic E-state index is 0.182. The highest BCUT2D eigenvalue weighted by Crippen LogP contribution is 2.26. The number of carbonyl (C=O) groups excluding carboxylic acids is 2. The van der Waals surface area contributed by atoms with E-state index in [-0.39, 0.29) is 24.6 Å². The summed E-state index contributed by atoms with van der Waals surface area (Å²) in [6.07, 6.45) is 2.59. The lowest BCUT2D eigenvalue weighted by Gasteiger charge is -2.30. The van der Waals surface area contributed by atoms with E-state index < -0.39 is 27.8 Å². The molecule has 0 saturated carbocycles. The number of nitrogens with zero attached hydrogens (tertiary/aromatic N) is 1. The van der Waals surface area contributed by atoms with Crippen LogP contribution < -0.4 is 10.1 Å². The highest BCUT2D eigenvalue weighted by molar-refractivity contribution is 7.98. The molecule has 0 radical (unpaired) electrons. The summed E-state index contributed by atoms with van der Waals surface area (Å²) in [5.41, 5.74) is 0.665. The summed E-state index contributed by atoms with van der Waals surface area (Å²) in [6.45, 7) is 0.0365. The van der Waals surface area contributed by atoms with Crippen LogP contribution in [-0.2, 0) is 24.3 Å². The summed E-state index contributed by atoms with van der Waals surface area (Å²) in [6, 6.07) is 13.6. The molecule has 172 valence electrons. The number of esters is 1. The van der Waals surface area contributed by atoms with E-state index in [0.717, 1.165) is 4.90 Å². The van der Waals surface area contributed by atoms with Gasteiger partial charge in [-0.15, -0.1) is 11.8 Å². The third-order valence-electron chi connectivity index (χ3n) is 5.21. The molecule has 0 aromatic heterocycles. The van der Waals surface area contributed by atoms with E-state index in [0.29, 0.717) is 24.3 Å². The van der Waals surface area contributed by atoms with Gasteiger partial charge in [-0.3, -0.25) is 9.59 Å². The Balaban J connectivity index is 1.49. The summed E-state index contributed by atoms with van der Waals surface area (Å²) in [5.74, 6) is -0.769. The van der Waals surface area contributed by atoms with Crippen molar-refractivity contribution in [3.63, 3.8) is 0 Å². The number of sulfonamides is 1. The van der Waals surface area contributed by atoms with E-state index in [9.17, 15) is 18.0 Å². The molecule has 1 heterocycles. The van der Waals surface area contributed by atoms with Crippen molar-refractivity contribution in [3.05, 3.63) is 48.5 Å². The number of methoxy groups -OCH3 is 1. The lowest BCUT2D eigenvalue weighted by molar-refractivity contribution is -0.152. The quantitative estimate of drug-likeness (QED) is 0.460. The van der Waals surface area contributed by atoms with E-state index in [1.165, 1.54) is 35.3 Å². The monoisotopic (exact) mass is 478 g/mol. The number of piperidine rings is 1. The average Bonchev–Trinajstić information content (AvgIpc) is 2.83. The van der Waals surface area contributed by atoms with Crippen molar-refractivity contribution >= 4 is 39.3 Å². The zero-order valence-corrected chi connectivity index (χ0v) is 19.6. The zero-order valence-electron chi connectivity index (χ0n) is 17.9. The van der Waals surface area contributed by atoms with Crippen LogP contribution in [0.4, 0.5) is 5.69 Å². The number of carbonyl (C=O) groups is 2. The Morgan fingerprint density at radius 1 is 1.09 bits per heavy atom. The van der Waals surface area contributed by atoms with E-state index in [2.05, 4.69) is 5.32 Å². The van der Waals surface area contributed by atoms with Crippen molar-refractivity contribution in [1.82, 2.24) is 4.31 Å². The molecule has 32 heavy (non-hydrogen) atoms. The summed E-state index contributed by atoms with van der Waals surface area (Å²) in [4.78, 5) is 25.6. The van der Waals surface area contributed by atoms with Gasteiger partial charge in [0.05, 0.1) is 23.6 Å². The molecule has 0 atom stereocenters. The first-order valence-electron chi connectivity index (χ1n) is 10.1. The van der Waals surface area contributed by atoms with Crippen LogP contribution in [0.3, 0.4) is 0 Å². The van der Waals surface area contributed by atoms with Crippen LogP contribution in [0.5, 0.6) is 5.75 Å². The number of rotatable bonds is 8. The normalized spacial score (nSPS) is 15.2. The largest absolute Gasteiger partial charge is 0.497 e. The molecule has 3 rings (SSSR count). The first-order valence-corrected chi connectivity index (χ1v) is 12.8. The second kappa shape index (κ2) is 10.8. The Labute approximate surface area is 192 Å². The van der Waals surface area contributed by atoms with Crippen molar-refractivity contribution < 1.29 is 27.5 Å². The molecule has 1 aliphatic rings. The first kappa shape index (κ1) is 24.1. The Hall–Kier alpha value is -2.56. The highest BCUT2D eigenvalue weighted by atomic mass is 32.2. The molecular formula is C22H26N2O6S2. The van der Waals surface area contributed by atoms with Gasteiger partial charge in [0, 0.05) is 18.0 Å². The molecule has 0 aliphatic carbocycles. The number of amides is 1. The van der Waals surface area contributed by atoms with Crippen LogP contribution >= 0.6 is 11.8 Å². The molecule has 1 aliphatic heterocycles. The Morgan fingerprint density at radius 3 is 2.38 bits per heavy atom. The maximum atomic E-state index is 12.8. The van der Waals surface area contributed by atoms with Gasteiger partial charge in [-0.1, -0.05) is 12.1 Å². The smallest absolute Gasteiger partial charge is 0.309 e. The van der Waals surface area contributed by atoms with Gasteiger partial charge in [0.15, 0.2) is 6.61 Å². The predicted molar refractivity (Wildman–Crippen MR) is 122 cm³/mol. The number of nitrogens with one attached hydrogen (secondary N) is 1. The fourth-order valence-electron chi connectivity index (χ4n) is 3.42. The minimum atomic E-state index is -3.64. The Kier molecular flexibility index (Phi) is 8.16. The molecule has 1 amide bonds.